The number of aryl methyl sites for hydroxylation is 1. The summed E-state index contributed by atoms with van der Waals surface area (Å²) < 4.78 is 6.16. The van der Waals surface area contributed by atoms with Crippen LogP contribution in [0.3, 0.4) is 0 Å². The summed E-state index contributed by atoms with van der Waals surface area (Å²) in [6.07, 6.45) is 6.72. The number of likely N-dealkylation sites (tertiary alicyclic amines) is 1. The molecule has 0 aliphatic carbocycles. The van der Waals surface area contributed by atoms with Crippen LogP contribution >= 0.6 is 11.5 Å². The number of piperidine rings is 1. The van der Waals surface area contributed by atoms with Crippen molar-refractivity contribution in [3.05, 3.63) is 28.8 Å². The first-order valence-electron chi connectivity index (χ1n) is 8.25. The number of carbonyl (C=O) groups is 1. The van der Waals surface area contributed by atoms with E-state index in [0.717, 1.165) is 43.9 Å². The van der Waals surface area contributed by atoms with Crippen LogP contribution < -0.4 is 0 Å². The second kappa shape index (κ2) is 6.78. The molecule has 0 bridgehead atoms. The number of aromatic nitrogens is 4. The average molecular weight is 333 g/mol. The number of carbonyl (C=O) groups excluding carboxylic acids is 1. The fraction of sp³-hybridized carbons (Fsp3) is 0.625. The van der Waals surface area contributed by atoms with Crippen molar-refractivity contribution in [3.8, 4) is 0 Å². The number of amides is 1. The van der Waals surface area contributed by atoms with Crippen LogP contribution in [0, 0.1) is 0 Å². The molecule has 3 rings (SSSR count). The van der Waals surface area contributed by atoms with Crippen molar-refractivity contribution in [2.24, 2.45) is 0 Å². The van der Waals surface area contributed by atoms with Gasteiger partial charge in [-0.2, -0.15) is 0 Å². The molecule has 1 unspecified atom stereocenters. The Hall–Kier alpha value is -1.76. The van der Waals surface area contributed by atoms with Gasteiger partial charge in [-0.05, 0) is 44.6 Å². The molecule has 3 heterocycles. The minimum atomic E-state index is 0.0733. The van der Waals surface area contributed by atoms with Crippen molar-refractivity contribution in [1.29, 1.82) is 0 Å². The maximum absolute atomic E-state index is 12.8. The fourth-order valence-corrected chi connectivity index (χ4v) is 3.91. The summed E-state index contributed by atoms with van der Waals surface area (Å²) in [4.78, 5) is 20.0. The van der Waals surface area contributed by atoms with Crippen molar-refractivity contribution in [2.75, 3.05) is 13.1 Å². The van der Waals surface area contributed by atoms with E-state index in [9.17, 15) is 4.79 Å². The summed E-state index contributed by atoms with van der Waals surface area (Å²) in [6.45, 7) is 7.86. The third kappa shape index (κ3) is 3.15. The molecule has 7 heteroatoms. The average Bonchev–Trinajstić information content (AvgIpc) is 3.23. The third-order valence-electron chi connectivity index (χ3n) is 4.41. The molecule has 0 saturated carbocycles. The molecule has 124 valence electrons. The van der Waals surface area contributed by atoms with Crippen molar-refractivity contribution in [2.45, 2.75) is 52.0 Å². The predicted molar refractivity (Wildman–Crippen MR) is 89.8 cm³/mol. The summed E-state index contributed by atoms with van der Waals surface area (Å²) in [5.74, 6) is 1.47. The lowest BCUT2D eigenvalue weighted by Gasteiger charge is -2.33. The summed E-state index contributed by atoms with van der Waals surface area (Å²) in [6, 6.07) is 0.385. The molecule has 2 aromatic rings. The highest BCUT2D eigenvalue weighted by molar-refractivity contribution is 7.08. The van der Waals surface area contributed by atoms with Gasteiger partial charge < -0.3 is 9.47 Å². The summed E-state index contributed by atoms with van der Waals surface area (Å²) >= 11 is 1.21. The molecular formula is C16H23N5OS. The zero-order valence-corrected chi connectivity index (χ0v) is 14.7. The molecule has 0 radical (unpaired) electrons. The summed E-state index contributed by atoms with van der Waals surface area (Å²) in [7, 11) is 0. The van der Waals surface area contributed by atoms with Crippen molar-refractivity contribution < 1.29 is 4.79 Å². The second-order valence-corrected chi connectivity index (χ2v) is 7.03. The molecule has 1 aliphatic heterocycles. The van der Waals surface area contributed by atoms with E-state index in [2.05, 4.69) is 33.0 Å². The third-order valence-corrected chi connectivity index (χ3v) is 5.17. The van der Waals surface area contributed by atoms with E-state index in [0.29, 0.717) is 16.8 Å². The number of hydrogen-bond acceptors (Lipinski definition) is 5. The zero-order valence-electron chi connectivity index (χ0n) is 13.9. The molecular weight excluding hydrogens is 310 g/mol. The number of imidazole rings is 1. The number of hydrogen-bond donors (Lipinski definition) is 0. The van der Waals surface area contributed by atoms with Gasteiger partial charge in [-0.3, -0.25) is 4.79 Å². The Morgan fingerprint density at radius 2 is 2.30 bits per heavy atom. The van der Waals surface area contributed by atoms with Crippen LogP contribution in [-0.4, -0.2) is 43.0 Å². The van der Waals surface area contributed by atoms with Crippen LogP contribution in [0.2, 0.25) is 0 Å². The summed E-state index contributed by atoms with van der Waals surface area (Å²) in [5, 5.41) is 4.06. The lowest BCUT2D eigenvalue weighted by molar-refractivity contribution is 0.0706. The van der Waals surface area contributed by atoms with Gasteiger partial charge in [0.2, 0.25) is 0 Å². The highest BCUT2D eigenvalue weighted by Gasteiger charge is 2.30. The van der Waals surface area contributed by atoms with E-state index in [4.69, 9.17) is 0 Å². The Morgan fingerprint density at radius 3 is 3.04 bits per heavy atom. The van der Waals surface area contributed by atoms with E-state index in [1.165, 1.54) is 11.5 Å². The smallest absolute Gasteiger partial charge is 0.267 e. The molecule has 0 N–H and O–H groups in total. The van der Waals surface area contributed by atoms with Gasteiger partial charge in [-0.15, -0.1) is 5.10 Å². The topological polar surface area (TPSA) is 63.9 Å². The molecule has 0 spiro atoms. The normalized spacial score (nSPS) is 18.6. The Kier molecular flexibility index (Phi) is 4.75. The predicted octanol–water partition coefficient (Wildman–Crippen LogP) is 2.90. The Labute approximate surface area is 140 Å². The Bertz CT molecular complexity index is 678. The fourth-order valence-electron chi connectivity index (χ4n) is 3.20. The molecule has 6 nitrogen and oxygen atoms in total. The van der Waals surface area contributed by atoms with Crippen LogP contribution in [-0.2, 0) is 6.42 Å². The van der Waals surface area contributed by atoms with Gasteiger partial charge in [-0.1, -0.05) is 11.4 Å². The molecule has 1 amide bonds. The van der Waals surface area contributed by atoms with E-state index < -0.39 is 0 Å². The van der Waals surface area contributed by atoms with Gasteiger partial charge >= 0.3 is 0 Å². The van der Waals surface area contributed by atoms with Gasteiger partial charge in [0.1, 0.15) is 10.7 Å². The Balaban J connectivity index is 1.78. The van der Waals surface area contributed by atoms with Crippen LogP contribution in [0.5, 0.6) is 0 Å². The van der Waals surface area contributed by atoms with Crippen LogP contribution in [0.4, 0.5) is 0 Å². The molecule has 1 atom stereocenters. The Morgan fingerprint density at radius 1 is 1.48 bits per heavy atom. The quantitative estimate of drug-likeness (QED) is 0.863. The maximum Gasteiger partial charge on any atom is 0.267 e. The monoisotopic (exact) mass is 333 g/mol. The van der Waals surface area contributed by atoms with Crippen LogP contribution in [0.1, 0.15) is 66.8 Å². The second-order valence-electron chi connectivity index (χ2n) is 6.28. The minimum absolute atomic E-state index is 0.0733. The van der Waals surface area contributed by atoms with Crippen molar-refractivity contribution in [1.82, 2.24) is 24.0 Å². The standard InChI is InChI=1S/C16H23N5OS/c1-4-13-14(23-19-18-13)16(22)20-8-5-6-12(10-20)15-17-7-9-21(15)11(2)3/h7,9,11-12H,4-6,8,10H2,1-3H3. The van der Waals surface area contributed by atoms with E-state index in [1.807, 2.05) is 24.2 Å². The SMILES string of the molecule is CCc1nnsc1C(=O)N1CCCC(c2nccn2C(C)C)C1. The minimum Gasteiger partial charge on any atom is -0.337 e. The van der Waals surface area contributed by atoms with Gasteiger partial charge in [0.15, 0.2) is 0 Å². The van der Waals surface area contributed by atoms with Crippen LogP contribution in [0.25, 0.3) is 0 Å². The lowest BCUT2D eigenvalue weighted by Crippen LogP contribution is -2.39. The largest absolute Gasteiger partial charge is 0.337 e. The molecule has 1 fully saturated rings. The molecule has 23 heavy (non-hydrogen) atoms. The van der Waals surface area contributed by atoms with Crippen molar-refractivity contribution >= 4 is 17.4 Å². The zero-order chi connectivity index (χ0) is 16.4. The molecule has 1 saturated heterocycles. The van der Waals surface area contributed by atoms with Gasteiger partial charge in [-0.25, -0.2) is 4.98 Å². The lowest BCUT2D eigenvalue weighted by atomic mass is 9.96. The highest BCUT2D eigenvalue weighted by Crippen LogP contribution is 2.29. The van der Waals surface area contributed by atoms with E-state index >= 15 is 0 Å². The molecule has 0 aromatic carbocycles. The molecule has 2 aromatic heterocycles. The number of rotatable bonds is 4. The first-order chi connectivity index (χ1) is 11.1. The first-order valence-corrected chi connectivity index (χ1v) is 9.02. The van der Waals surface area contributed by atoms with E-state index in [1.54, 1.807) is 0 Å². The van der Waals surface area contributed by atoms with Gasteiger partial charge in [0.25, 0.3) is 5.91 Å². The highest BCUT2D eigenvalue weighted by atomic mass is 32.1. The molecule has 1 aliphatic rings. The summed E-state index contributed by atoms with van der Waals surface area (Å²) in [5.41, 5.74) is 0.811. The van der Waals surface area contributed by atoms with Crippen LogP contribution in [0.15, 0.2) is 12.4 Å². The van der Waals surface area contributed by atoms with Gasteiger partial charge in [0, 0.05) is 37.4 Å². The van der Waals surface area contributed by atoms with Crippen molar-refractivity contribution in [3.63, 3.8) is 0 Å². The van der Waals surface area contributed by atoms with Gasteiger partial charge in [0.05, 0.1) is 5.69 Å². The maximum atomic E-state index is 12.8. The van der Waals surface area contributed by atoms with E-state index in [-0.39, 0.29) is 5.91 Å². The first kappa shape index (κ1) is 16.1. The number of nitrogens with zero attached hydrogens (tertiary/aromatic N) is 5.